The van der Waals surface area contributed by atoms with E-state index in [4.69, 9.17) is 10.2 Å². The Balaban J connectivity index is 2.51. The molecule has 4 heteroatoms. The van der Waals surface area contributed by atoms with Gasteiger partial charge < -0.3 is 15.3 Å². The summed E-state index contributed by atoms with van der Waals surface area (Å²) < 4.78 is 0. The lowest BCUT2D eigenvalue weighted by molar-refractivity contribution is -0.00633. The second-order valence-electron chi connectivity index (χ2n) is 5.53. The van der Waals surface area contributed by atoms with E-state index in [1.54, 1.807) is 0 Å². The standard InChI is InChI=1S/C13H27NO3/c1-10-7-11(2)12(13(17)8-10)9-14(3-5-15)4-6-16/h10-13,15-17H,3-9H2,1-2H3. The summed E-state index contributed by atoms with van der Waals surface area (Å²) in [6, 6.07) is 0. The lowest BCUT2D eigenvalue weighted by Crippen LogP contribution is -2.44. The molecule has 0 aliphatic heterocycles. The van der Waals surface area contributed by atoms with Gasteiger partial charge in [0.1, 0.15) is 0 Å². The molecule has 102 valence electrons. The molecule has 4 unspecified atom stereocenters. The predicted molar refractivity (Wildman–Crippen MR) is 67.7 cm³/mol. The van der Waals surface area contributed by atoms with Gasteiger partial charge in [-0.15, -0.1) is 0 Å². The van der Waals surface area contributed by atoms with Crippen molar-refractivity contribution in [3.8, 4) is 0 Å². The topological polar surface area (TPSA) is 63.9 Å². The SMILES string of the molecule is CC1CC(C)C(CN(CCO)CCO)C(O)C1. The zero-order chi connectivity index (χ0) is 12.8. The van der Waals surface area contributed by atoms with E-state index >= 15 is 0 Å². The van der Waals surface area contributed by atoms with Crippen LogP contribution in [0, 0.1) is 17.8 Å². The molecule has 0 aromatic heterocycles. The zero-order valence-corrected chi connectivity index (χ0v) is 11.0. The first kappa shape index (κ1) is 14.9. The molecule has 1 aliphatic rings. The van der Waals surface area contributed by atoms with Crippen LogP contribution in [-0.4, -0.2) is 59.2 Å². The van der Waals surface area contributed by atoms with Gasteiger partial charge in [0.05, 0.1) is 19.3 Å². The van der Waals surface area contributed by atoms with E-state index in [9.17, 15) is 5.11 Å². The first-order chi connectivity index (χ1) is 8.08. The number of hydrogen-bond donors (Lipinski definition) is 3. The van der Waals surface area contributed by atoms with Crippen molar-refractivity contribution in [2.45, 2.75) is 32.8 Å². The van der Waals surface area contributed by atoms with Gasteiger partial charge in [0.2, 0.25) is 0 Å². The van der Waals surface area contributed by atoms with Crippen LogP contribution < -0.4 is 0 Å². The Bertz CT molecular complexity index is 195. The monoisotopic (exact) mass is 245 g/mol. The highest BCUT2D eigenvalue weighted by molar-refractivity contribution is 4.84. The summed E-state index contributed by atoms with van der Waals surface area (Å²) in [4.78, 5) is 2.04. The fourth-order valence-electron chi connectivity index (χ4n) is 3.05. The van der Waals surface area contributed by atoms with Crippen LogP contribution in [0.2, 0.25) is 0 Å². The maximum Gasteiger partial charge on any atom is 0.0585 e. The van der Waals surface area contributed by atoms with Gasteiger partial charge in [0, 0.05) is 25.6 Å². The number of aliphatic hydroxyl groups excluding tert-OH is 3. The Morgan fingerprint density at radius 2 is 1.65 bits per heavy atom. The molecule has 0 aromatic rings. The first-order valence-corrected chi connectivity index (χ1v) is 6.70. The highest BCUT2D eigenvalue weighted by atomic mass is 16.3. The van der Waals surface area contributed by atoms with E-state index < -0.39 is 0 Å². The van der Waals surface area contributed by atoms with E-state index in [1.807, 2.05) is 4.90 Å². The van der Waals surface area contributed by atoms with Crippen molar-refractivity contribution < 1.29 is 15.3 Å². The molecule has 1 fully saturated rings. The highest BCUT2D eigenvalue weighted by Gasteiger charge is 2.33. The van der Waals surface area contributed by atoms with Gasteiger partial charge >= 0.3 is 0 Å². The molecule has 0 saturated heterocycles. The molecule has 1 saturated carbocycles. The molecule has 0 bridgehead atoms. The van der Waals surface area contributed by atoms with Crippen LogP contribution in [0.5, 0.6) is 0 Å². The van der Waals surface area contributed by atoms with Gasteiger partial charge in [-0.05, 0) is 24.7 Å². The smallest absolute Gasteiger partial charge is 0.0585 e. The molecule has 0 spiro atoms. The maximum absolute atomic E-state index is 10.1. The minimum atomic E-state index is -0.242. The second-order valence-corrected chi connectivity index (χ2v) is 5.53. The lowest BCUT2D eigenvalue weighted by Gasteiger charge is -2.39. The summed E-state index contributed by atoms with van der Waals surface area (Å²) in [5.74, 6) is 1.37. The fraction of sp³-hybridized carbons (Fsp3) is 1.00. The minimum absolute atomic E-state index is 0.105. The van der Waals surface area contributed by atoms with Crippen LogP contribution in [-0.2, 0) is 0 Å². The molecule has 0 aromatic carbocycles. The van der Waals surface area contributed by atoms with Gasteiger partial charge in [0.15, 0.2) is 0 Å². The summed E-state index contributed by atoms with van der Waals surface area (Å²) in [5, 5.41) is 28.1. The number of nitrogens with zero attached hydrogens (tertiary/aromatic N) is 1. The normalized spacial score (nSPS) is 34.2. The first-order valence-electron chi connectivity index (χ1n) is 6.70. The number of rotatable bonds is 6. The molecule has 4 atom stereocenters. The Morgan fingerprint density at radius 3 is 2.12 bits per heavy atom. The number of hydrogen-bond acceptors (Lipinski definition) is 4. The van der Waals surface area contributed by atoms with Crippen molar-refractivity contribution in [1.82, 2.24) is 4.90 Å². The molecule has 4 nitrogen and oxygen atoms in total. The van der Waals surface area contributed by atoms with Crippen molar-refractivity contribution in [3.63, 3.8) is 0 Å². The molecular weight excluding hydrogens is 218 g/mol. The molecule has 0 heterocycles. The third-order valence-electron chi connectivity index (χ3n) is 3.94. The van der Waals surface area contributed by atoms with E-state index in [-0.39, 0.29) is 25.2 Å². The van der Waals surface area contributed by atoms with Crippen molar-refractivity contribution in [2.24, 2.45) is 17.8 Å². The van der Waals surface area contributed by atoms with E-state index in [1.165, 1.54) is 0 Å². The quantitative estimate of drug-likeness (QED) is 0.630. The van der Waals surface area contributed by atoms with Crippen molar-refractivity contribution in [1.29, 1.82) is 0 Å². The minimum Gasteiger partial charge on any atom is -0.395 e. The fourth-order valence-corrected chi connectivity index (χ4v) is 3.05. The molecule has 1 rings (SSSR count). The Hall–Kier alpha value is -0.160. The van der Waals surface area contributed by atoms with Gasteiger partial charge in [-0.2, -0.15) is 0 Å². The summed E-state index contributed by atoms with van der Waals surface area (Å²) >= 11 is 0. The van der Waals surface area contributed by atoms with Crippen LogP contribution in [0.1, 0.15) is 26.7 Å². The van der Waals surface area contributed by atoms with Gasteiger partial charge in [-0.3, -0.25) is 4.90 Å². The highest BCUT2D eigenvalue weighted by Crippen LogP contribution is 2.34. The Morgan fingerprint density at radius 1 is 1.06 bits per heavy atom. The third kappa shape index (κ3) is 4.54. The zero-order valence-electron chi connectivity index (χ0n) is 11.0. The van der Waals surface area contributed by atoms with Gasteiger partial charge in [0.25, 0.3) is 0 Å². The van der Waals surface area contributed by atoms with Crippen LogP contribution >= 0.6 is 0 Å². The van der Waals surface area contributed by atoms with Crippen molar-refractivity contribution >= 4 is 0 Å². The predicted octanol–water partition coefficient (Wildman–Crippen LogP) is 0.316. The van der Waals surface area contributed by atoms with Gasteiger partial charge in [-0.25, -0.2) is 0 Å². The molecule has 3 N–H and O–H groups in total. The van der Waals surface area contributed by atoms with Crippen molar-refractivity contribution in [3.05, 3.63) is 0 Å². The van der Waals surface area contributed by atoms with Crippen LogP contribution in [0.3, 0.4) is 0 Å². The average molecular weight is 245 g/mol. The van der Waals surface area contributed by atoms with Crippen LogP contribution in [0.15, 0.2) is 0 Å². The van der Waals surface area contributed by atoms with Crippen LogP contribution in [0.4, 0.5) is 0 Å². The summed E-state index contributed by atoms with van der Waals surface area (Å²) in [5.41, 5.74) is 0. The summed E-state index contributed by atoms with van der Waals surface area (Å²) in [6.45, 7) is 6.52. The second kappa shape index (κ2) is 7.31. The van der Waals surface area contributed by atoms with E-state index in [0.29, 0.717) is 24.9 Å². The van der Waals surface area contributed by atoms with E-state index in [0.717, 1.165) is 19.4 Å². The van der Waals surface area contributed by atoms with Crippen molar-refractivity contribution in [2.75, 3.05) is 32.8 Å². The van der Waals surface area contributed by atoms with Gasteiger partial charge in [-0.1, -0.05) is 13.8 Å². The molecular formula is C13H27NO3. The largest absolute Gasteiger partial charge is 0.395 e. The molecule has 0 amide bonds. The maximum atomic E-state index is 10.1. The molecule has 0 radical (unpaired) electrons. The summed E-state index contributed by atoms with van der Waals surface area (Å²) in [7, 11) is 0. The third-order valence-corrected chi connectivity index (χ3v) is 3.94. The van der Waals surface area contributed by atoms with E-state index in [2.05, 4.69) is 13.8 Å². The lowest BCUT2D eigenvalue weighted by atomic mass is 9.73. The number of aliphatic hydroxyl groups is 3. The Kier molecular flexibility index (Phi) is 6.41. The molecule has 1 aliphatic carbocycles. The summed E-state index contributed by atoms with van der Waals surface area (Å²) in [6.07, 6.45) is 1.79. The molecule has 17 heavy (non-hydrogen) atoms. The Labute approximate surface area is 104 Å². The van der Waals surface area contributed by atoms with Crippen LogP contribution in [0.25, 0.3) is 0 Å². The average Bonchev–Trinajstić information content (AvgIpc) is 2.23.